The molecule has 6 nitrogen and oxygen atoms in total. The van der Waals surface area contributed by atoms with E-state index in [1.807, 2.05) is 0 Å². The molecule has 0 N–H and O–H groups in total. The minimum atomic E-state index is -4.76. The SMILES string of the molecule is CC[C@H](C)OC(=O)C[S@](=O)c1ccc(C(F)(F)F)cc1[N+](=O)[O-]. The maximum absolute atomic E-state index is 12.6. The van der Waals surface area contributed by atoms with Gasteiger partial charge in [-0.25, -0.2) is 0 Å². The number of benzene rings is 1. The molecule has 0 bridgehead atoms. The van der Waals surface area contributed by atoms with Crippen LogP contribution in [0.5, 0.6) is 0 Å². The molecule has 0 unspecified atom stereocenters. The van der Waals surface area contributed by atoms with E-state index in [0.717, 1.165) is 6.07 Å². The lowest BCUT2D eigenvalue weighted by Crippen LogP contribution is -2.20. The second-order valence-corrected chi connectivity index (χ2v) is 6.06. The number of nitro groups is 1. The molecule has 0 saturated carbocycles. The molecular formula is C13H14F3NO5S. The number of nitro benzene ring substituents is 1. The van der Waals surface area contributed by atoms with E-state index in [1.165, 1.54) is 0 Å². The first-order valence-corrected chi connectivity index (χ1v) is 7.81. The number of esters is 1. The highest BCUT2D eigenvalue weighted by Crippen LogP contribution is 2.34. The Balaban J connectivity index is 3.05. The van der Waals surface area contributed by atoms with Crippen LogP contribution in [0.4, 0.5) is 18.9 Å². The van der Waals surface area contributed by atoms with Crippen LogP contribution in [-0.2, 0) is 26.5 Å². The number of alkyl halides is 3. The van der Waals surface area contributed by atoms with Gasteiger partial charge < -0.3 is 4.74 Å². The van der Waals surface area contributed by atoms with Gasteiger partial charge in [0.1, 0.15) is 10.6 Å². The summed E-state index contributed by atoms with van der Waals surface area (Å²) in [5.74, 6) is -1.51. The Labute approximate surface area is 132 Å². The zero-order valence-electron chi connectivity index (χ0n) is 12.3. The highest BCUT2D eigenvalue weighted by molar-refractivity contribution is 7.85. The molecule has 0 aliphatic rings. The van der Waals surface area contributed by atoms with Crippen LogP contribution in [0.1, 0.15) is 25.8 Å². The van der Waals surface area contributed by atoms with Crippen LogP contribution in [-0.4, -0.2) is 27.0 Å². The number of hydrogen-bond acceptors (Lipinski definition) is 5. The molecule has 128 valence electrons. The van der Waals surface area contributed by atoms with Gasteiger partial charge in [-0.1, -0.05) is 6.92 Å². The molecule has 0 radical (unpaired) electrons. The Bertz CT molecular complexity index is 633. The highest BCUT2D eigenvalue weighted by Gasteiger charge is 2.34. The van der Waals surface area contributed by atoms with Gasteiger partial charge in [0.05, 0.1) is 27.4 Å². The van der Waals surface area contributed by atoms with Crippen LogP contribution in [0, 0.1) is 10.1 Å². The van der Waals surface area contributed by atoms with Crippen molar-refractivity contribution >= 4 is 22.5 Å². The van der Waals surface area contributed by atoms with Crippen LogP contribution in [0.25, 0.3) is 0 Å². The van der Waals surface area contributed by atoms with E-state index >= 15 is 0 Å². The van der Waals surface area contributed by atoms with Crippen molar-refractivity contribution < 1.29 is 31.8 Å². The van der Waals surface area contributed by atoms with Gasteiger partial charge in [-0.2, -0.15) is 13.2 Å². The van der Waals surface area contributed by atoms with Gasteiger partial charge in [-0.3, -0.25) is 19.1 Å². The third kappa shape index (κ3) is 5.31. The second kappa shape index (κ2) is 7.53. The number of ether oxygens (including phenoxy) is 1. The highest BCUT2D eigenvalue weighted by atomic mass is 32.2. The predicted molar refractivity (Wildman–Crippen MR) is 75.2 cm³/mol. The minimum absolute atomic E-state index is 0.299. The van der Waals surface area contributed by atoms with Gasteiger partial charge in [0, 0.05) is 6.07 Å². The normalized spacial score (nSPS) is 14.1. The fraction of sp³-hybridized carbons (Fsp3) is 0.462. The van der Waals surface area contributed by atoms with E-state index in [-0.39, 0.29) is 0 Å². The van der Waals surface area contributed by atoms with Crippen LogP contribution in [0.2, 0.25) is 0 Å². The summed E-state index contributed by atoms with van der Waals surface area (Å²) in [7, 11) is -2.18. The summed E-state index contributed by atoms with van der Waals surface area (Å²) in [4.78, 5) is 20.9. The first-order chi connectivity index (χ1) is 10.6. The van der Waals surface area contributed by atoms with E-state index in [2.05, 4.69) is 0 Å². The predicted octanol–water partition coefficient (Wildman–Crippen LogP) is 3.06. The van der Waals surface area contributed by atoms with E-state index < -0.39 is 55.9 Å². The standard InChI is InChI=1S/C13H14F3NO5S/c1-3-8(2)22-12(18)7-23(21)11-5-4-9(13(14,15)16)6-10(11)17(19)20/h4-6,8H,3,7H2,1-2H3/t8-,23-/m0/s1. The quantitative estimate of drug-likeness (QED) is 0.446. The van der Waals surface area contributed by atoms with Crippen LogP contribution < -0.4 is 0 Å². The number of rotatable bonds is 6. The second-order valence-electron chi connectivity index (χ2n) is 4.64. The first-order valence-electron chi connectivity index (χ1n) is 6.49. The van der Waals surface area contributed by atoms with Crippen LogP contribution in [0.3, 0.4) is 0 Å². The summed E-state index contributed by atoms with van der Waals surface area (Å²) in [5.41, 5.74) is -2.18. The zero-order chi connectivity index (χ0) is 17.8. The van der Waals surface area contributed by atoms with Crippen LogP contribution in [0.15, 0.2) is 23.1 Å². The first kappa shape index (κ1) is 19.1. The minimum Gasteiger partial charge on any atom is -0.462 e. The maximum Gasteiger partial charge on any atom is 0.416 e. The Morgan fingerprint density at radius 1 is 1.43 bits per heavy atom. The van der Waals surface area contributed by atoms with Crippen molar-refractivity contribution in [3.05, 3.63) is 33.9 Å². The Morgan fingerprint density at radius 3 is 2.52 bits per heavy atom. The third-order valence-corrected chi connectivity index (χ3v) is 4.22. The fourth-order valence-electron chi connectivity index (χ4n) is 1.56. The molecule has 0 heterocycles. The molecule has 1 aromatic carbocycles. The lowest BCUT2D eigenvalue weighted by Gasteiger charge is -2.11. The van der Waals surface area contributed by atoms with Crippen LogP contribution >= 0.6 is 0 Å². The smallest absolute Gasteiger partial charge is 0.416 e. The summed E-state index contributed by atoms with van der Waals surface area (Å²) >= 11 is 0. The average molecular weight is 353 g/mol. The van der Waals surface area contributed by atoms with Crippen molar-refractivity contribution in [1.29, 1.82) is 0 Å². The maximum atomic E-state index is 12.6. The van der Waals surface area contributed by atoms with Crippen molar-refractivity contribution in [2.75, 3.05) is 5.75 Å². The van der Waals surface area contributed by atoms with E-state index in [1.54, 1.807) is 13.8 Å². The van der Waals surface area contributed by atoms with Gasteiger partial charge in [-0.15, -0.1) is 0 Å². The van der Waals surface area contributed by atoms with Crippen molar-refractivity contribution in [2.24, 2.45) is 0 Å². The molecule has 0 amide bonds. The zero-order valence-corrected chi connectivity index (χ0v) is 13.1. The Hall–Kier alpha value is -1.97. The molecule has 1 aromatic rings. The molecule has 0 saturated heterocycles. The number of carbonyl (C=O) groups is 1. The van der Waals surface area contributed by atoms with Crippen molar-refractivity contribution in [2.45, 2.75) is 37.4 Å². The molecule has 23 heavy (non-hydrogen) atoms. The number of hydrogen-bond donors (Lipinski definition) is 0. The lowest BCUT2D eigenvalue weighted by atomic mass is 10.2. The number of nitrogens with zero attached hydrogens (tertiary/aromatic N) is 1. The molecule has 2 atom stereocenters. The van der Waals surface area contributed by atoms with E-state index in [4.69, 9.17) is 4.74 Å². The Morgan fingerprint density at radius 2 is 2.04 bits per heavy atom. The van der Waals surface area contributed by atoms with Crippen molar-refractivity contribution in [1.82, 2.24) is 0 Å². The number of halogens is 3. The molecule has 1 rings (SSSR count). The molecular weight excluding hydrogens is 339 g/mol. The molecule has 0 aromatic heterocycles. The van der Waals surface area contributed by atoms with Crippen molar-refractivity contribution in [3.8, 4) is 0 Å². The summed E-state index contributed by atoms with van der Waals surface area (Å²) < 4.78 is 54.7. The largest absolute Gasteiger partial charge is 0.462 e. The van der Waals surface area contributed by atoms with Gasteiger partial charge in [0.15, 0.2) is 0 Å². The molecule has 0 spiro atoms. The third-order valence-electron chi connectivity index (χ3n) is 2.88. The molecule has 0 aliphatic carbocycles. The number of carbonyl (C=O) groups excluding carboxylic acids is 1. The molecule has 0 aliphatic heterocycles. The lowest BCUT2D eigenvalue weighted by molar-refractivity contribution is -0.388. The van der Waals surface area contributed by atoms with Gasteiger partial charge in [0.25, 0.3) is 5.69 Å². The monoisotopic (exact) mass is 353 g/mol. The van der Waals surface area contributed by atoms with Gasteiger partial charge in [-0.05, 0) is 25.5 Å². The van der Waals surface area contributed by atoms with E-state index in [9.17, 15) is 32.3 Å². The fourth-order valence-corrected chi connectivity index (χ4v) is 2.58. The van der Waals surface area contributed by atoms with E-state index in [0.29, 0.717) is 18.6 Å². The topological polar surface area (TPSA) is 86.5 Å². The average Bonchev–Trinajstić information content (AvgIpc) is 2.45. The summed E-state index contributed by atoms with van der Waals surface area (Å²) in [6, 6.07) is 1.63. The van der Waals surface area contributed by atoms with Gasteiger partial charge >= 0.3 is 12.1 Å². The summed E-state index contributed by atoms with van der Waals surface area (Å²) in [6.07, 6.45) is -4.65. The van der Waals surface area contributed by atoms with Crippen molar-refractivity contribution in [3.63, 3.8) is 0 Å². The summed E-state index contributed by atoms with van der Waals surface area (Å²) in [6.45, 7) is 3.37. The summed E-state index contributed by atoms with van der Waals surface area (Å²) in [5, 5.41) is 10.9. The molecule has 0 fully saturated rings. The van der Waals surface area contributed by atoms with Gasteiger partial charge in [0.2, 0.25) is 0 Å². The Kier molecular flexibility index (Phi) is 6.25. The molecule has 10 heteroatoms.